The third-order valence-corrected chi connectivity index (χ3v) is 10.1. The Morgan fingerprint density at radius 3 is 2.71 bits per heavy atom. The highest BCUT2D eigenvalue weighted by Gasteiger charge is 2.75. The quantitative estimate of drug-likeness (QED) is 0.684. The molecule has 1 aromatic carbocycles. The van der Waals surface area contributed by atoms with Crippen LogP contribution in [-0.4, -0.2) is 45.2 Å². The molecule has 5 heterocycles. The fourth-order valence-electron chi connectivity index (χ4n) is 4.87. The topological polar surface area (TPSA) is 82.9 Å². The summed E-state index contributed by atoms with van der Waals surface area (Å²) < 4.78 is 10.9. The number of nitrogens with zero attached hydrogens (tertiary/aromatic N) is 3. The highest BCUT2D eigenvalue weighted by Crippen LogP contribution is 2.70. The third-order valence-electron chi connectivity index (χ3n) is 6.36. The Morgan fingerprint density at radius 1 is 1.25 bits per heavy atom. The summed E-state index contributed by atoms with van der Waals surface area (Å²) in [6.07, 6.45) is 0.803. The number of ether oxygens (including phenoxy) is 2. The highest BCUT2D eigenvalue weighted by molar-refractivity contribution is 8.78. The molecule has 4 fully saturated rings. The molecule has 5 aliphatic heterocycles. The van der Waals surface area contributed by atoms with Crippen molar-refractivity contribution in [2.45, 2.75) is 42.5 Å². The number of hydrogen-bond donors (Lipinski definition) is 0. The molecule has 0 aliphatic carbocycles. The first-order chi connectivity index (χ1) is 13.3. The number of likely N-dealkylation sites (N-methyl/N-ethyl adjacent to an activating group) is 1. The fraction of sp³-hybridized carbons (Fsp3) is 0.526. The molecular weight excluding hydrogens is 398 g/mol. The maximum atomic E-state index is 13.7. The summed E-state index contributed by atoms with van der Waals surface area (Å²) in [5, 5.41) is 10.1. The summed E-state index contributed by atoms with van der Waals surface area (Å²) in [6.45, 7) is 3.91. The predicted octanol–water partition coefficient (Wildman–Crippen LogP) is 2.89. The van der Waals surface area contributed by atoms with E-state index in [-0.39, 0.29) is 18.6 Å². The van der Waals surface area contributed by atoms with Gasteiger partial charge in [-0.05, 0) is 31.0 Å². The number of piperazine rings is 1. The molecule has 4 saturated heterocycles. The molecule has 9 heteroatoms. The van der Waals surface area contributed by atoms with Crippen molar-refractivity contribution in [2.24, 2.45) is 5.41 Å². The Balaban J connectivity index is 1.71. The Hall–Kier alpha value is -2.05. The van der Waals surface area contributed by atoms with E-state index in [4.69, 9.17) is 9.47 Å². The van der Waals surface area contributed by atoms with Crippen LogP contribution in [0.4, 0.5) is 0 Å². The SMILES string of the molecule is CCC12SS[C@@]3(C[C@](C)(C#N)C(c4ccc5c(c4)OCO5)N3C1=O)C(=O)N2C. The molecule has 146 valence electrons. The maximum Gasteiger partial charge on any atom is 0.262 e. The van der Waals surface area contributed by atoms with Crippen molar-refractivity contribution < 1.29 is 19.1 Å². The Labute approximate surface area is 170 Å². The maximum absolute atomic E-state index is 13.7. The normalized spacial score (nSPS) is 38.0. The van der Waals surface area contributed by atoms with Gasteiger partial charge in [-0.1, -0.05) is 34.6 Å². The molecule has 1 aromatic rings. The van der Waals surface area contributed by atoms with Gasteiger partial charge >= 0.3 is 0 Å². The largest absolute Gasteiger partial charge is 0.454 e. The number of amides is 2. The second kappa shape index (κ2) is 5.51. The lowest BCUT2D eigenvalue weighted by molar-refractivity contribution is -0.165. The number of benzene rings is 1. The van der Waals surface area contributed by atoms with Gasteiger partial charge in [0, 0.05) is 13.5 Å². The molecule has 7 nitrogen and oxygen atoms in total. The summed E-state index contributed by atoms with van der Waals surface area (Å²) in [5.41, 5.74) is -0.111. The minimum absolute atomic E-state index is 0.0949. The van der Waals surface area contributed by atoms with Crippen molar-refractivity contribution in [3.8, 4) is 17.6 Å². The minimum atomic E-state index is -1.06. The van der Waals surface area contributed by atoms with E-state index in [1.54, 1.807) is 22.9 Å². The van der Waals surface area contributed by atoms with Crippen LogP contribution in [-0.2, 0) is 9.59 Å². The summed E-state index contributed by atoms with van der Waals surface area (Å²) in [6, 6.07) is 7.39. The molecule has 2 amide bonds. The van der Waals surface area contributed by atoms with Crippen molar-refractivity contribution in [1.82, 2.24) is 9.80 Å². The molecule has 0 N–H and O–H groups in total. The van der Waals surface area contributed by atoms with E-state index in [2.05, 4.69) is 6.07 Å². The zero-order chi connectivity index (χ0) is 19.9. The Kier molecular flexibility index (Phi) is 3.55. The van der Waals surface area contributed by atoms with Gasteiger partial charge in [-0.25, -0.2) is 0 Å². The molecule has 4 atom stereocenters. The van der Waals surface area contributed by atoms with Gasteiger partial charge in [-0.3, -0.25) is 9.59 Å². The number of hydrogen-bond acceptors (Lipinski definition) is 7. The van der Waals surface area contributed by atoms with E-state index >= 15 is 0 Å². The zero-order valence-electron chi connectivity index (χ0n) is 15.7. The monoisotopic (exact) mass is 417 g/mol. The van der Waals surface area contributed by atoms with Gasteiger partial charge in [0.2, 0.25) is 6.79 Å². The van der Waals surface area contributed by atoms with Crippen LogP contribution in [0.25, 0.3) is 0 Å². The van der Waals surface area contributed by atoms with E-state index in [0.29, 0.717) is 24.3 Å². The first-order valence-electron chi connectivity index (χ1n) is 9.13. The fourth-order valence-corrected chi connectivity index (χ4v) is 8.83. The van der Waals surface area contributed by atoms with Crippen LogP contribution in [0.5, 0.6) is 11.5 Å². The van der Waals surface area contributed by atoms with Crippen molar-refractivity contribution >= 4 is 33.4 Å². The first kappa shape index (κ1) is 18.0. The summed E-state index contributed by atoms with van der Waals surface area (Å²) in [4.78, 5) is 28.4. The number of fused-ring (bicyclic) bond motifs is 3. The zero-order valence-corrected chi connectivity index (χ0v) is 17.4. The highest BCUT2D eigenvalue weighted by atomic mass is 33.1. The third kappa shape index (κ3) is 1.88. The number of carbonyl (C=O) groups is 2. The van der Waals surface area contributed by atoms with Gasteiger partial charge in [-0.2, -0.15) is 5.26 Å². The predicted molar refractivity (Wildman–Crippen MR) is 104 cm³/mol. The van der Waals surface area contributed by atoms with Gasteiger partial charge in [0.25, 0.3) is 11.8 Å². The van der Waals surface area contributed by atoms with Crippen LogP contribution in [0.2, 0.25) is 0 Å². The first-order valence-corrected chi connectivity index (χ1v) is 11.3. The molecule has 1 spiro atoms. The van der Waals surface area contributed by atoms with E-state index in [1.807, 2.05) is 26.0 Å². The summed E-state index contributed by atoms with van der Waals surface area (Å²) in [5.74, 6) is 1.06. The van der Waals surface area contributed by atoms with Crippen LogP contribution >= 0.6 is 21.6 Å². The Morgan fingerprint density at radius 2 is 2.00 bits per heavy atom. The summed E-state index contributed by atoms with van der Waals surface area (Å²) in [7, 11) is 4.59. The molecule has 5 aliphatic rings. The lowest BCUT2D eigenvalue weighted by atomic mass is 9.79. The number of carbonyl (C=O) groups excluding carboxylic acids is 2. The van der Waals surface area contributed by atoms with Crippen LogP contribution in [0, 0.1) is 16.7 Å². The summed E-state index contributed by atoms with van der Waals surface area (Å²) >= 11 is 0. The number of rotatable bonds is 2. The van der Waals surface area contributed by atoms with E-state index < -0.39 is 21.2 Å². The van der Waals surface area contributed by atoms with E-state index in [9.17, 15) is 14.9 Å². The molecule has 2 unspecified atom stereocenters. The smallest absolute Gasteiger partial charge is 0.262 e. The van der Waals surface area contributed by atoms with Crippen molar-refractivity contribution in [3.63, 3.8) is 0 Å². The van der Waals surface area contributed by atoms with Gasteiger partial charge in [-0.15, -0.1) is 0 Å². The average molecular weight is 418 g/mol. The van der Waals surface area contributed by atoms with Crippen LogP contribution in [0.15, 0.2) is 18.2 Å². The number of nitriles is 1. The molecule has 0 radical (unpaired) electrons. The molecule has 0 saturated carbocycles. The van der Waals surface area contributed by atoms with Crippen molar-refractivity contribution in [3.05, 3.63) is 23.8 Å². The Bertz CT molecular complexity index is 965. The standard InChI is InChI=1S/C19H19N3O4S2/c1-4-18-16(24)22-14(11-5-6-12-13(7-11)26-10-25-12)17(2,9-20)8-19(22,28-27-18)15(23)21(18)3/h5-7,14H,4,8,10H2,1-3H3/t14?,17-,18?,19+/m1/s1. The van der Waals surface area contributed by atoms with Gasteiger partial charge in [0.1, 0.15) is 0 Å². The molecule has 6 rings (SSSR count). The lowest BCUT2D eigenvalue weighted by Crippen LogP contribution is -2.74. The van der Waals surface area contributed by atoms with Gasteiger partial charge in [0.15, 0.2) is 21.2 Å². The van der Waals surface area contributed by atoms with Crippen LogP contribution in [0.3, 0.4) is 0 Å². The minimum Gasteiger partial charge on any atom is -0.454 e. The molecule has 28 heavy (non-hydrogen) atoms. The second-order valence-corrected chi connectivity index (χ2v) is 10.5. The van der Waals surface area contributed by atoms with Gasteiger partial charge in [0.05, 0.1) is 17.5 Å². The average Bonchev–Trinajstić information content (AvgIpc) is 3.27. The lowest BCUT2D eigenvalue weighted by Gasteiger charge is -2.58. The molecule has 0 aromatic heterocycles. The van der Waals surface area contributed by atoms with E-state index in [0.717, 1.165) is 5.56 Å². The van der Waals surface area contributed by atoms with Crippen molar-refractivity contribution in [1.29, 1.82) is 5.26 Å². The molecule has 2 bridgehead atoms. The van der Waals surface area contributed by atoms with Crippen LogP contribution < -0.4 is 9.47 Å². The second-order valence-electron chi connectivity index (χ2n) is 7.85. The van der Waals surface area contributed by atoms with E-state index in [1.165, 1.54) is 21.6 Å². The van der Waals surface area contributed by atoms with Crippen LogP contribution in [0.1, 0.15) is 38.3 Å². The molecular formula is C19H19N3O4S2. The van der Waals surface area contributed by atoms with Crippen molar-refractivity contribution in [2.75, 3.05) is 13.8 Å². The van der Waals surface area contributed by atoms with Gasteiger partial charge < -0.3 is 19.3 Å².